The number of unbranched alkanes of at least 4 members (excludes halogenated alkanes) is 5. The van der Waals surface area contributed by atoms with Gasteiger partial charge in [0, 0.05) is 18.6 Å². The monoisotopic (exact) mass is 279 g/mol. The number of non-ortho nitro benzene ring substituents is 1. The third-order valence-corrected chi connectivity index (χ3v) is 3.25. The van der Waals surface area contributed by atoms with E-state index >= 15 is 0 Å². The van der Waals surface area contributed by atoms with Crippen LogP contribution in [0.25, 0.3) is 0 Å². The molecule has 0 saturated heterocycles. The number of hydrogen-bond donors (Lipinski definition) is 1. The summed E-state index contributed by atoms with van der Waals surface area (Å²) >= 11 is 0. The van der Waals surface area contributed by atoms with E-state index in [1.165, 1.54) is 0 Å². The van der Waals surface area contributed by atoms with Gasteiger partial charge >= 0.3 is 5.97 Å². The number of nitro benzene ring substituents is 1. The quantitative estimate of drug-likeness (QED) is 0.399. The van der Waals surface area contributed by atoms with Gasteiger partial charge in [-0.1, -0.05) is 37.8 Å². The fourth-order valence-electron chi connectivity index (χ4n) is 2.10. The maximum atomic E-state index is 10.5. The second-order valence-electron chi connectivity index (χ2n) is 4.94. The van der Waals surface area contributed by atoms with Crippen molar-refractivity contribution in [2.75, 3.05) is 0 Å². The van der Waals surface area contributed by atoms with Crippen LogP contribution in [0.15, 0.2) is 24.3 Å². The van der Waals surface area contributed by atoms with Crippen molar-refractivity contribution in [1.29, 1.82) is 0 Å². The molecule has 5 heteroatoms. The Labute approximate surface area is 118 Å². The smallest absolute Gasteiger partial charge is 0.303 e. The highest BCUT2D eigenvalue weighted by Crippen LogP contribution is 2.15. The van der Waals surface area contributed by atoms with Crippen molar-refractivity contribution in [3.63, 3.8) is 0 Å². The van der Waals surface area contributed by atoms with E-state index in [0.29, 0.717) is 0 Å². The topological polar surface area (TPSA) is 80.4 Å². The maximum absolute atomic E-state index is 10.5. The molecule has 0 unspecified atom stereocenters. The highest BCUT2D eigenvalue weighted by atomic mass is 16.6. The lowest BCUT2D eigenvalue weighted by atomic mass is 10.0. The first-order valence-electron chi connectivity index (χ1n) is 7.04. The molecule has 0 aromatic heterocycles. The molecule has 0 saturated carbocycles. The van der Waals surface area contributed by atoms with Gasteiger partial charge in [-0.15, -0.1) is 0 Å². The lowest BCUT2D eigenvalue weighted by Gasteiger charge is -2.02. The second kappa shape index (κ2) is 9.07. The zero-order valence-corrected chi connectivity index (χ0v) is 11.6. The summed E-state index contributed by atoms with van der Waals surface area (Å²) in [7, 11) is 0. The molecule has 0 spiro atoms. The molecule has 1 N–H and O–H groups in total. The van der Waals surface area contributed by atoms with E-state index in [2.05, 4.69) is 0 Å². The van der Waals surface area contributed by atoms with Gasteiger partial charge in [0.05, 0.1) is 4.92 Å². The van der Waals surface area contributed by atoms with Gasteiger partial charge in [-0.2, -0.15) is 0 Å². The molecule has 0 amide bonds. The van der Waals surface area contributed by atoms with Crippen LogP contribution in [0, 0.1) is 10.1 Å². The van der Waals surface area contributed by atoms with Gasteiger partial charge in [-0.25, -0.2) is 0 Å². The predicted molar refractivity (Wildman–Crippen MR) is 76.8 cm³/mol. The standard InChI is InChI=1S/C15H21NO4/c17-15(18)8-6-4-2-1-3-5-7-13-9-11-14(12-10-13)16(19)20/h9-12H,1-8H2,(H,17,18). The molecule has 1 aromatic rings. The minimum atomic E-state index is -0.719. The molecular weight excluding hydrogens is 258 g/mol. The van der Waals surface area contributed by atoms with Crippen LogP contribution in [-0.4, -0.2) is 16.0 Å². The average molecular weight is 279 g/mol. The minimum absolute atomic E-state index is 0.132. The molecule has 0 fully saturated rings. The van der Waals surface area contributed by atoms with Crippen LogP contribution in [0.2, 0.25) is 0 Å². The molecule has 0 bridgehead atoms. The summed E-state index contributed by atoms with van der Waals surface area (Å²) in [5, 5.41) is 19.0. The van der Waals surface area contributed by atoms with Gasteiger partial charge in [0.2, 0.25) is 0 Å². The lowest BCUT2D eigenvalue weighted by Crippen LogP contribution is -1.93. The molecule has 110 valence electrons. The number of nitro groups is 1. The van der Waals surface area contributed by atoms with Crippen LogP contribution in [0.5, 0.6) is 0 Å². The van der Waals surface area contributed by atoms with E-state index in [1.54, 1.807) is 12.1 Å². The third-order valence-electron chi connectivity index (χ3n) is 3.25. The first-order chi connectivity index (χ1) is 9.59. The summed E-state index contributed by atoms with van der Waals surface area (Å²) in [5.41, 5.74) is 1.26. The SMILES string of the molecule is O=C(O)CCCCCCCCc1ccc([N+](=O)[O-])cc1. The molecule has 0 heterocycles. The molecular formula is C15H21NO4. The molecule has 0 aliphatic rings. The first-order valence-corrected chi connectivity index (χ1v) is 7.04. The normalized spacial score (nSPS) is 10.4. The Balaban J connectivity index is 2.06. The van der Waals surface area contributed by atoms with Crippen LogP contribution in [-0.2, 0) is 11.2 Å². The molecule has 0 aliphatic heterocycles. The van der Waals surface area contributed by atoms with Crippen molar-refractivity contribution in [3.8, 4) is 0 Å². The zero-order chi connectivity index (χ0) is 14.8. The predicted octanol–water partition coefficient (Wildman–Crippen LogP) is 3.95. The highest BCUT2D eigenvalue weighted by Gasteiger charge is 2.03. The highest BCUT2D eigenvalue weighted by molar-refractivity contribution is 5.66. The van der Waals surface area contributed by atoms with E-state index in [0.717, 1.165) is 50.5 Å². The van der Waals surface area contributed by atoms with Crippen molar-refractivity contribution in [3.05, 3.63) is 39.9 Å². The van der Waals surface area contributed by atoms with Gasteiger partial charge < -0.3 is 5.11 Å². The molecule has 0 radical (unpaired) electrons. The minimum Gasteiger partial charge on any atom is -0.481 e. The number of hydrogen-bond acceptors (Lipinski definition) is 3. The lowest BCUT2D eigenvalue weighted by molar-refractivity contribution is -0.384. The molecule has 0 atom stereocenters. The number of aryl methyl sites for hydroxylation is 1. The number of nitrogens with zero attached hydrogens (tertiary/aromatic N) is 1. The van der Waals surface area contributed by atoms with Crippen molar-refractivity contribution >= 4 is 11.7 Å². The number of carboxylic acid groups (broad SMARTS) is 1. The summed E-state index contributed by atoms with van der Waals surface area (Å²) in [4.78, 5) is 20.4. The number of aliphatic carboxylic acids is 1. The molecule has 0 aliphatic carbocycles. The number of benzene rings is 1. The zero-order valence-electron chi connectivity index (χ0n) is 11.6. The summed E-state index contributed by atoms with van der Waals surface area (Å²) in [5.74, 6) is -0.719. The Morgan fingerprint density at radius 2 is 1.55 bits per heavy atom. The van der Waals surface area contributed by atoms with Crippen molar-refractivity contribution in [2.45, 2.75) is 51.4 Å². The summed E-state index contributed by atoms with van der Waals surface area (Å²) < 4.78 is 0. The van der Waals surface area contributed by atoms with Crippen molar-refractivity contribution < 1.29 is 14.8 Å². The molecule has 20 heavy (non-hydrogen) atoms. The third kappa shape index (κ3) is 6.87. The molecule has 5 nitrogen and oxygen atoms in total. The Kier molecular flexibility index (Phi) is 7.32. The Bertz CT molecular complexity index is 428. The van der Waals surface area contributed by atoms with Crippen LogP contribution in [0.3, 0.4) is 0 Å². The van der Waals surface area contributed by atoms with Crippen LogP contribution in [0.1, 0.15) is 50.5 Å². The fourth-order valence-corrected chi connectivity index (χ4v) is 2.10. The van der Waals surface area contributed by atoms with Crippen LogP contribution < -0.4 is 0 Å². The van der Waals surface area contributed by atoms with E-state index in [4.69, 9.17) is 5.11 Å². The number of rotatable bonds is 10. The fraction of sp³-hybridized carbons (Fsp3) is 0.533. The Hall–Kier alpha value is -1.91. The number of carboxylic acids is 1. The van der Waals surface area contributed by atoms with Gasteiger partial charge in [0.15, 0.2) is 0 Å². The molecule has 1 aromatic carbocycles. The Morgan fingerprint density at radius 3 is 2.10 bits per heavy atom. The summed E-state index contributed by atoms with van der Waals surface area (Å²) in [6, 6.07) is 6.71. The average Bonchev–Trinajstić information content (AvgIpc) is 2.42. The van der Waals surface area contributed by atoms with E-state index in [1.807, 2.05) is 12.1 Å². The van der Waals surface area contributed by atoms with Gasteiger partial charge in [-0.3, -0.25) is 14.9 Å². The van der Waals surface area contributed by atoms with Gasteiger partial charge in [-0.05, 0) is 24.8 Å². The number of carbonyl (C=O) groups is 1. The summed E-state index contributed by atoms with van der Waals surface area (Å²) in [6.07, 6.45) is 7.32. The maximum Gasteiger partial charge on any atom is 0.303 e. The molecule has 1 rings (SSSR count). The van der Waals surface area contributed by atoms with Crippen LogP contribution >= 0.6 is 0 Å². The van der Waals surface area contributed by atoms with E-state index in [-0.39, 0.29) is 17.0 Å². The van der Waals surface area contributed by atoms with Crippen molar-refractivity contribution in [1.82, 2.24) is 0 Å². The van der Waals surface area contributed by atoms with Gasteiger partial charge in [0.25, 0.3) is 5.69 Å². The van der Waals surface area contributed by atoms with E-state index < -0.39 is 5.97 Å². The summed E-state index contributed by atoms with van der Waals surface area (Å²) in [6.45, 7) is 0. The first kappa shape index (κ1) is 16.1. The van der Waals surface area contributed by atoms with Crippen molar-refractivity contribution in [2.24, 2.45) is 0 Å². The second-order valence-corrected chi connectivity index (χ2v) is 4.94. The Morgan fingerprint density at radius 1 is 1.00 bits per heavy atom. The van der Waals surface area contributed by atoms with Crippen LogP contribution in [0.4, 0.5) is 5.69 Å². The van der Waals surface area contributed by atoms with Gasteiger partial charge in [0.1, 0.15) is 0 Å². The van der Waals surface area contributed by atoms with E-state index in [9.17, 15) is 14.9 Å². The largest absolute Gasteiger partial charge is 0.481 e.